The van der Waals surface area contributed by atoms with E-state index < -0.39 is 18.3 Å². The Morgan fingerprint density at radius 2 is 1.73 bits per heavy atom. The SMILES string of the molecule is C=C[C@H]1CN2CC[C@H]1C[C@@H]2[C@@H](O)c1cc(CC[C@@H](C)[C@H]2CC[C@H]3[C@@H]4[C@H](O)[C@H](O)[C@@H]5C[C@H](O)CC[C@]5(C)[C@H]4CC[C@]23C)nc2ccccc12. The summed E-state index contributed by atoms with van der Waals surface area (Å²) in [5.74, 6) is 3.24. The fourth-order valence-corrected chi connectivity index (χ4v) is 13.3. The van der Waals surface area contributed by atoms with Gasteiger partial charge in [-0.1, -0.05) is 45.0 Å². The first kappa shape index (κ1) is 33.3. The molecule has 4 saturated carbocycles. The van der Waals surface area contributed by atoms with Crippen LogP contribution >= 0.6 is 0 Å². The van der Waals surface area contributed by atoms with Crippen molar-refractivity contribution in [3.05, 3.63) is 54.2 Å². The number of rotatable bonds is 7. The molecule has 7 aliphatic rings. The lowest BCUT2D eigenvalue weighted by Gasteiger charge is -2.63. The summed E-state index contributed by atoms with van der Waals surface area (Å²) in [6.07, 6.45) is 11.0. The summed E-state index contributed by atoms with van der Waals surface area (Å²) >= 11 is 0. The number of fused-ring (bicyclic) bond motifs is 9. The summed E-state index contributed by atoms with van der Waals surface area (Å²) < 4.78 is 0. The molecule has 262 valence electrons. The van der Waals surface area contributed by atoms with Crippen molar-refractivity contribution < 1.29 is 20.4 Å². The van der Waals surface area contributed by atoms with Gasteiger partial charge in [-0.3, -0.25) is 9.88 Å². The Labute approximate surface area is 288 Å². The van der Waals surface area contributed by atoms with E-state index in [9.17, 15) is 20.4 Å². The highest BCUT2D eigenvalue weighted by molar-refractivity contribution is 5.82. The molecule has 3 saturated heterocycles. The van der Waals surface area contributed by atoms with Gasteiger partial charge in [0.2, 0.25) is 0 Å². The van der Waals surface area contributed by atoms with Crippen molar-refractivity contribution in [2.75, 3.05) is 13.1 Å². The first-order valence-corrected chi connectivity index (χ1v) is 19.5. The van der Waals surface area contributed by atoms with Crippen LogP contribution in [-0.2, 0) is 6.42 Å². The van der Waals surface area contributed by atoms with Crippen LogP contribution in [0.25, 0.3) is 10.9 Å². The van der Waals surface area contributed by atoms with Crippen molar-refractivity contribution >= 4 is 10.9 Å². The van der Waals surface area contributed by atoms with Gasteiger partial charge in [-0.15, -0.1) is 6.58 Å². The molecule has 7 fully saturated rings. The molecule has 16 atom stereocenters. The Bertz CT molecular complexity index is 1510. The minimum absolute atomic E-state index is 0.000845. The third-order valence-corrected chi connectivity index (χ3v) is 16.0. The van der Waals surface area contributed by atoms with Gasteiger partial charge in [0.1, 0.15) is 0 Å². The highest BCUT2D eigenvalue weighted by atomic mass is 16.3. The van der Waals surface area contributed by atoms with E-state index in [0.29, 0.717) is 41.9 Å². The molecule has 6 nitrogen and oxygen atoms in total. The van der Waals surface area contributed by atoms with Crippen LogP contribution in [0.3, 0.4) is 0 Å². The van der Waals surface area contributed by atoms with Crippen LogP contribution < -0.4 is 0 Å². The Hall–Kier alpha value is -1.83. The quantitative estimate of drug-likeness (QED) is 0.248. The second kappa shape index (κ2) is 12.4. The maximum absolute atomic E-state index is 12.0. The molecule has 4 aliphatic carbocycles. The lowest BCUT2D eigenvalue weighted by atomic mass is 9.43. The van der Waals surface area contributed by atoms with Crippen LogP contribution in [0.2, 0.25) is 0 Å². The second-order valence-electron chi connectivity index (χ2n) is 18.0. The van der Waals surface area contributed by atoms with Crippen LogP contribution in [0.4, 0.5) is 0 Å². The number of aliphatic hydroxyl groups is 4. The molecule has 4 heterocycles. The molecule has 9 rings (SSSR count). The minimum Gasteiger partial charge on any atom is -0.393 e. The van der Waals surface area contributed by atoms with Crippen LogP contribution in [-0.4, -0.2) is 67.8 Å². The third-order valence-electron chi connectivity index (χ3n) is 16.0. The van der Waals surface area contributed by atoms with E-state index in [-0.39, 0.29) is 34.8 Å². The van der Waals surface area contributed by atoms with Crippen molar-refractivity contribution in [1.29, 1.82) is 0 Å². The average Bonchev–Trinajstić information content (AvgIpc) is 3.46. The molecule has 0 spiro atoms. The van der Waals surface area contributed by atoms with Gasteiger partial charge in [-0.2, -0.15) is 0 Å². The fourth-order valence-electron chi connectivity index (χ4n) is 13.3. The number of pyridine rings is 1. The lowest BCUT2D eigenvalue weighted by molar-refractivity contribution is -0.223. The molecule has 48 heavy (non-hydrogen) atoms. The van der Waals surface area contributed by atoms with E-state index in [2.05, 4.69) is 68.7 Å². The Balaban J connectivity index is 0.995. The van der Waals surface area contributed by atoms with E-state index in [1.54, 1.807) is 0 Å². The number of aromatic nitrogens is 1. The van der Waals surface area contributed by atoms with Crippen molar-refractivity contribution in [2.45, 2.75) is 122 Å². The standard InChI is InChI=1S/C42H60N2O4/c1-5-25-23-44-19-16-26(25)20-36(44)38(46)30-21-27(43-35-9-7-6-8-29(30)35)11-10-24(2)31-12-13-32-37-33(15-18-41(31,32)3)42(4)17-14-28(45)22-34(42)39(47)40(37)48/h5-9,21,24-26,28,31-34,36-40,45-48H,1,10-20,22-23H2,2-4H3/t24-,25+,26+,28-,31-,32+,33+,34+,36-,37+,38+,39-,40+,41-,42-/m1/s1. The maximum Gasteiger partial charge on any atom is 0.0952 e. The van der Waals surface area contributed by atoms with E-state index in [1.165, 1.54) is 19.3 Å². The lowest BCUT2D eigenvalue weighted by Crippen LogP contribution is -2.64. The highest BCUT2D eigenvalue weighted by Gasteiger charge is 2.65. The van der Waals surface area contributed by atoms with Gasteiger partial charge in [-0.05, 0) is 153 Å². The molecule has 0 radical (unpaired) electrons. The molecular formula is C42H60N2O4. The van der Waals surface area contributed by atoms with Crippen LogP contribution in [0.5, 0.6) is 0 Å². The van der Waals surface area contributed by atoms with Gasteiger partial charge in [0.15, 0.2) is 0 Å². The summed E-state index contributed by atoms with van der Waals surface area (Å²) in [6, 6.07) is 10.7. The Morgan fingerprint density at radius 1 is 0.958 bits per heavy atom. The van der Waals surface area contributed by atoms with Gasteiger partial charge in [0.05, 0.1) is 29.9 Å². The monoisotopic (exact) mass is 656 g/mol. The molecule has 1 unspecified atom stereocenters. The van der Waals surface area contributed by atoms with E-state index in [1.807, 2.05) is 0 Å². The minimum atomic E-state index is -0.738. The number of aliphatic hydroxyl groups excluding tert-OH is 4. The largest absolute Gasteiger partial charge is 0.393 e. The number of aryl methyl sites for hydroxylation is 1. The smallest absolute Gasteiger partial charge is 0.0952 e. The summed E-state index contributed by atoms with van der Waals surface area (Å²) in [4.78, 5) is 7.64. The molecule has 0 amide bonds. The molecule has 2 bridgehead atoms. The highest BCUT2D eigenvalue weighted by Crippen LogP contribution is 2.68. The van der Waals surface area contributed by atoms with Gasteiger partial charge in [-0.25, -0.2) is 0 Å². The van der Waals surface area contributed by atoms with Gasteiger partial charge in [0, 0.05) is 23.7 Å². The van der Waals surface area contributed by atoms with Gasteiger partial charge < -0.3 is 20.4 Å². The van der Waals surface area contributed by atoms with E-state index >= 15 is 0 Å². The normalized spacial score (nSPS) is 46.4. The molecule has 4 N–H and O–H groups in total. The summed E-state index contributed by atoms with van der Waals surface area (Å²) in [5.41, 5.74) is 3.26. The number of hydrogen-bond acceptors (Lipinski definition) is 6. The average molecular weight is 657 g/mol. The zero-order valence-corrected chi connectivity index (χ0v) is 29.6. The van der Waals surface area contributed by atoms with E-state index in [0.717, 1.165) is 80.2 Å². The summed E-state index contributed by atoms with van der Waals surface area (Å²) in [5, 5.41) is 46.6. The van der Waals surface area contributed by atoms with E-state index in [4.69, 9.17) is 4.98 Å². The third kappa shape index (κ3) is 5.17. The number of piperidine rings is 3. The summed E-state index contributed by atoms with van der Waals surface area (Å²) in [7, 11) is 0. The Kier molecular flexibility index (Phi) is 8.64. The number of hydrogen-bond donors (Lipinski definition) is 4. The maximum atomic E-state index is 12.0. The van der Waals surface area contributed by atoms with Crippen molar-refractivity contribution in [1.82, 2.24) is 9.88 Å². The van der Waals surface area contributed by atoms with Crippen LogP contribution in [0, 0.1) is 58.2 Å². The molecule has 3 aliphatic heterocycles. The first-order valence-electron chi connectivity index (χ1n) is 19.5. The fraction of sp³-hybridized carbons (Fsp3) is 0.738. The predicted molar refractivity (Wildman–Crippen MR) is 190 cm³/mol. The number of benzene rings is 1. The van der Waals surface area contributed by atoms with Crippen molar-refractivity contribution in [3.8, 4) is 0 Å². The summed E-state index contributed by atoms with van der Waals surface area (Å²) in [6.45, 7) is 13.5. The van der Waals surface area contributed by atoms with Gasteiger partial charge >= 0.3 is 0 Å². The van der Waals surface area contributed by atoms with Gasteiger partial charge in [0.25, 0.3) is 0 Å². The zero-order valence-electron chi connectivity index (χ0n) is 29.6. The predicted octanol–water partition coefficient (Wildman–Crippen LogP) is 6.69. The molecule has 6 heteroatoms. The van der Waals surface area contributed by atoms with Crippen molar-refractivity contribution in [3.63, 3.8) is 0 Å². The first-order chi connectivity index (χ1) is 23.0. The molecule has 1 aromatic heterocycles. The number of nitrogens with zero attached hydrogens (tertiary/aromatic N) is 2. The van der Waals surface area contributed by atoms with Crippen LogP contribution in [0.15, 0.2) is 43.0 Å². The topological polar surface area (TPSA) is 97.1 Å². The molecular weight excluding hydrogens is 596 g/mol. The van der Waals surface area contributed by atoms with Crippen LogP contribution in [0.1, 0.15) is 102 Å². The molecule has 2 aromatic rings. The van der Waals surface area contributed by atoms with Crippen molar-refractivity contribution in [2.24, 2.45) is 58.2 Å². The number of para-hydroxylation sites is 1. The second-order valence-corrected chi connectivity index (χ2v) is 18.0. The zero-order chi connectivity index (χ0) is 33.5. The molecule has 1 aromatic carbocycles. The Morgan fingerprint density at radius 3 is 2.50 bits per heavy atom.